The average Bonchev–Trinajstić information content (AvgIpc) is 2.77. The number of rotatable bonds is 24. The molecule has 0 fully saturated rings. The van der Waals surface area contributed by atoms with E-state index in [1.165, 1.54) is 51.4 Å². The zero-order valence-electron chi connectivity index (χ0n) is 20.8. The van der Waals surface area contributed by atoms with Gasteiger partial charge in [-0.25, -0.2) is 0 Å². The van der Waals surface area contributed by atoms with Gasteiger partial charge in [-0.3, -0.25) is 14.5 Å². The summed E-state index contributed by atoms with van der Waals surface area (Å²) in [6.07, 6.45) is 20.9. The van der Waals surface area contributed by atoms with Crippen molar-refractivity contribution in [2.24, 2.45) is 0 Å². The summed E-state index contributed by atoms with van der Waals surface area (Å²) in [4.78, 5) is 25.6. The second-order valence-electron chi connectivity index (χ2n) is 8.64. The number of ether oxygens (including phenoxy) is 2. The third-order valence-electron chi connectivity index (χ3n) is 5.55. The molecule has 0 aliphatic heterocycles. The predicted molar refractivity (Wildman–Crippen MR) is 134 cm³/mol. The molecule has 0 aliphatic carbocycles. The van der Waals surface area contributed by atoms with Gasteiger partial charge in [0.1, 0.15) is 13.2 Å². The van der Waals surface area contributed by atoms with Crippen molar-refractivity contribution in [2.45, 2.75) is 103 Å². The molecule has 5 heteroatoms. The summed E-state index contributed by atoms with van der Waals surface area (Å²) in [6, 6.07) is 0. The second-order valence-corrected chi connectivity index (χ2v) is 8.64. The van der Waals surface area contributed by atoms with Crippen molar-refractivity contribution >= 4 is 11.9 Å². The Balaban J connectivity index is 3.44. The van der Waals surface area contributed by atoms with Crippen LogP contribution in [0.25, 0.3) is 0 Å². The van der Waals surface area contributed by atoms with Crippen LogP contribution in [-0.4, -0.2) is 50.2 Å². The first kappa shape index (κ1) is 30.4. The summed E-state index contributed by atoms with van der Waals surface area (Å²) in [7, 11) is 1.94. The zero-order chi connectivity index (χ0) is 23.7. The highest BCUT2D eigenvalue weighted by Crippen LogP contribution is 2.10. The Morgan fingerprint density at radius 3 is 1.34 bits per heavy atom. The fraction of sp³-hybridized carbons (Fsp3) is 0.778. The number of hydrogen-bond donors (Lipinski definition) is 0. The van der Waals surface area contributed by atoms with Crippen LogP contribution in [0.2, 0.25) is 0 Å². The van der Waals surface area contributed by atoms with Gasteiger partial charge in [0.15, 0.2) is 0 Å². The van der Waals surface area contributed by atoms with Gasteiger partial charge in [-0.2, -0.15) is 0 Å². The Morgan fingerprint density at radius 1 is 0.625 bits per heavy atom. The Morgan fingerprint density at radius 2 is 0.969 bits per heavy atom. The van der Waals surface area contributed by atoms with E-state index in [2.05, 4.69) is 13.2 Å². The Bertz CT molecular complexity index is 436. The lowest BCUT2D eigenvalue weighted by Crippen LogP contribution is -2.28. The van der Waals surface area contributed by atoms with Gasteiger partial charge in [0.25, 0.3) is 0 Å². The molecule has 0 spiro atoms. The van der Waals surface area contributed by atoms with E-state index in [4.69, 9.17) is 9.47 Å². The van der Waals surface area contributed by atoms with E-state index in [0.29, 0.717) is 39.1 Å². The summed E-state index contributed by atoms with van der Waals surface area (Å²) in [5, 5.41) is 0. The standard InChI is InChI=1S/C27H49NO4/c1-4-6-8-10-12-14-16-18-20-26(29)31-24-22-28(3)23-25-32-27(30)21-19-17-15-13-11-9-7-5-2/h4-5H,1-2,6-25H2,3H3. The summed E-state index contributed by atoms with van der Waals surface area (Å²) >= 11 is 0. The molecule has 0 aliphatic rings. The highest BCUT2D eigenvalue weighted by Gasteiger charge is 2.06. The molecule has 0 bridgehead atoms. The quantitative estimate of drug-likeness (QED) is 0.0938. The number of esters is 2. The van der Waals surface area contributed by atoms with E-state index in [-0.39, 0.29) is 11.9 Å². The van der Waals surface area contributed by atoms with Gasteiger partial charge < -0.3 is 9.47 Å². The summed E-state index contributed by atoms with van der Waals surface area (Å²) < 4.78 is 10.6. The minimum absolute atomic E-state index is 0.114. The van der Waals surface area contributed by atoms with Crippen molar-refractivity contribution in [3.05, 3.63) is 25.3 Å². The average molecular weight is 452 g/mol. The van der Waals surface area contributed by atoms with Gasteiger partial charge in [-0.1, -0.05) is 63.5 Å². The van der Waals surface area contributed by atoms with E-state index in [0.717, 1.165) is 38.5 Å². The summed E-state index contributed by atoms with van der Waals surface area (Å²) in [5.41, 5.74) is 0. The Labute approximate surface area is 197 Å². The molecule has 0 aromatic heterocycles. The van der Waals surface area contributed by atoms with E-state index in [1.54, 1.807) is 0 Å². The van der Waals surface area contributed by atoms with Crippen LogP contribution in [-0.2, 0) is 19.1 Å². The molecule has 0 saturated carbocycles. The number of carbonyl (C=O) groups excluding carboxylic acids is 2. The molecule has 0 saturated heterocycles. The van der Waals surface area contributed by atoms with Crippen LogP contribution in [0.15, 0.2) is 25.3 Å². The fourth-order valence-corrected chi connectivity index (χ4v) is 3.42. The lowest BCUT2D eigenvalue weighted by molar-refractivity contribution is -0.144. The van der Waals surface area contributed by atoms with Crippen molar-refractivity contribution < 1.29 is 19.1 Å². The van der Waals surface area contributed by atoms with E-state index >= 15 is 0 Å². The smallest absolute Gasteiger partial charge is 0.305 e. The van der Waals surface area contributed by atoms with Gasteiger partial charge in [0.05, 0.1) is 0 Å². The Kier molecular flexibility index (Phi) is 22.8. The second kappa shape index (κ2) is 24.0. The largest absolute Gasteiger partial charge is 0.464 e. The van der Waals surface area contributed by atoms with Crippen LogP contribution in [0.3, 0.4) is 0 Å². The first-order chi connectivity index (χ1) is 15.6. The van der Waals surface area contributed by atoms with Crippen molar-refractivity contribution in [3.8, 4) is 0 Å². The zero-order valence-corrected chi connectivity index (χ0v) is 20.8. The van der Waals surface area contributed by atoms with Crippen LogP contribution >= 0.6 is 0 Å². The highest BCUT2D eigenvalue weighted by atomic mass is 16.5. The molecule has 0 aromatic rings. The number of carbonyl (C=O) groups is 2. The molecule has 0 unspecified atom stereocenters. The number of likely N-dealkylation sites (N-methyl/N-ethyl adjacent to an activating group) is 1. The minimum Gasteiger partial charge on any atom is -0.464 e. The summed E-state index contributed by atoms with van der Waals surface area (Å²) in [6.45, 7) is 9.54. The molecule has 0 radical (unpaired) electrons. The van der Waals surface area contributed by atoms with E-state index in [9.17, 15) is 9.59 Å². The molecule has 5 nitrogen and oxygen atoms in total. The number of nitrogens with zero attached hydrogens (tertiary/aromatic N) is 1. The predicted octanol–water partition coefficient (Wildman–Crippen LogP) is 6.62. The highest BCUT2D eigenvalue weighted by molar-refractivity contribution is 5.69. The topological polar surface area (TPSA) is 55.8 Å². The van der Waals surface area contributed by atoms with Crippen LogP contribution in [0.1, 0.15) is 103 Å². The van der Waals surface area contributed by atoms with E-state index < -0.39 is 0 Å². The van der Waals surface area contributed by atoms with Gasteiger partial charge in [-0.15, -0.1) is 13.2 Å². The molecule has 0 N–H and O–H groups in total. The van der Waals surface area contributed by atoms with Crippen LogP contribution < -0.4 is 0 Å². The van der Waals surface area contributed by atoms with Gasteiger partial charge in [-0.05, 0) is 45.6 Å². The van der Waals surface area contributed by atoms with Crippen molar-refractivity contribution in [1.82, 2.24) is 4.90 Å². The van der Waals surface area contributed by atoms with Gasteiger partial charge in [0.2, 0.25) is 0 Å². The third kappa shape index (κ3) is 23.1. The Hall–Kier alpha value is -1.62. The lowest BCUT2D eigenvalue weighted by Gasteiger charge is -2.16. The molecule has 32 heavy (non-hydrogen) atoms. The van der Waals surface area contributed by atoms with Crippen molar-refractivity contribution in [3.63, 3.8) is 0 Å². The summed E-state index contributed by atoms with van der Waals surface area (Å²) in [5.74, 6) is -0.227. The van der Waals surface area contributed by atoms with Gasteiger partial charge in [0, 0.05) is 25.9 Å². The maximum atomic E-state index is 11.8. The number of hydrogen-bond acceptors (Lipinski definition) is 5. The first-order valence-electron chi connectivity index (χ1n) is 12.8. The van der Waals surface area contributed by atoms with Crippen LogP contribution in [0, 0.1) is 0 Å². The third-order valence-corrected chi connectivity index (χ3v) is 5.55. The monoisotopic (exact) mass is 451 g/mol. The molecule has 0 rings (SSSR count). The lowest BCUT2D eigenvalue weighted by atomic mass is 10.1. The molecule has 0 heterocycles. The number of allylic oxidation sites excluding steroid dienone is 2. The molecular formula is C27H49NO4. The molecule has 186 valence electrons. The minimum atomic E-state index is -0.114. The molecular weight excluding hydrogens is 402 g/mol. The normalized spacial score (nSPS) is 10.8. The number of unbranched alkanes of at least 4 members (excludes halogenated alkanes) is 12. The van der Waals surface area contributed by atoms with Crippen molar-refractivity contribution in [2.75, 3.05) is 33.4 Å². The van der Waals surface area contributed by atoms with Crippen LogP contribution in [0.5, 0.6) is 0 Å². The molecule has 0 atom stereocenters. The maximum Gasteiger partial charge on any atom is 0.305 e. The maximum absolute atomic E-state index is 11.8. The molecule has 0 aromatic carbocycles. The SMILES string of the molecule is C=CCCCCCCCCC(=O)OCCN(C)CCOC(=O)CCCCCCCCC=C. The van der Waals surface area contributed by atoms with E-state index in [1.807, 2.05) is 24.1 Å². The fourth-order valence-electron chi connectivity index (χ4n) is 3.42. The van der Waals surface area contributed by atoms with Crippen LogP contribution in [0.4, 0.5) is 0 Å². The van der Waals surface area contributed by atoms with Gasteiger partial charge >= 0.3 is 11.9 Å². The van der Waals surface area contributed by atoms with Crippen molar-refractivity contribution in [1.29, 1.82) is 0 Å². The first-order valence-corrected chi connectivity index (χ1v) is 12.8. The molecule has 0 amide bonds.